The van der Waals surface area contributed by atoms with E-state index in [9.17, 15) is 9.59 Å². The van der Waals surface area contributed by atoms with Crippen LogP contribution in [0, 0.1) is 5.92 Å². The summed E-state index contributed by atoms with van der Waals surface area (Å²) in [5, 5.41) is 6.96. The van der Waals surface area contributed by atoms with E-state index in [4.69, 9.17) is 9.47 Å². The number of aromatic nitrogens is 4. The van der Waals surface area contributed by atoms with E-state index in [1.165, 1.54) is 7.11 Å². The first-order chi connectivity index (χ1) is 15.7. The molecule has 2 aromatic heterocycles. The Morgan fingerprint density at radius 2 is 1.73 bits per heavy atom. The second-order valence-electron chi connectivity index (χ2n) is 9.04. The number of esters is 1. The van der Waals surface area contributed by atoms with Crippen molar-refractivity contribution in [2.24, 2.45) is 13.0 Å². The summed E-state index contributed by atoms with van der Waals surface area (Å²) in [6, 6.07) is 7.99. The first kappa shape index (κ1) is 22.4. The van der Waals surface area contributed by atoms with Crippen LogP contribution in [0.3, 0.4) is 0 Å². The number of nitrogens with one attached hydrogen (secondary N) is 1. The second-order valence-corrected chi connectivity index (χ2v) is 9.04. The van der Waals surface area contributed by atoms with Gasteiger partial charge in [-0.25, -0.2) is 4.79 Å². The normalized spacial score (nSPS) is 17.4. The van der Waals surface area contributed by atoms with E-state index < -0.39 is 11.7 Å². The van der Waals surface area contributed by atoms with Crippen molar-refractivity contribution in [3.63, 3.8) is 0 Å². The number of methoxy groups -OCH3 is 1. The maximum atomic E-state index is 12.2. The van der Waals surface area contributed by atoms with Crippen LogP contribution in [0.25, 0.3) is 22.5 Å². The van der Waals surface area contributed by atoms with E-state index in [1.54, 1.807) is 51.1 Å². The van der Waals surface area contributed by atoms with Gasteiger partial charge in [-0.1, -0.05) is 24.3 Å². The van der Waals surface area contributed by atoms with Crippen LogP contribution < -0.4 is 5.32 Å². The molecule has 1 aliphatic carbocycles. The first-order valence-electron chi connectivity index (χ1n) is 10.7. The van der Waals surface area contributed by atoms with Gasteiger partial charge in [0.25, 0.3) is 0 Å². The van der Waals surface area contributed by atoms with Gasteiger partial charge in [0.15, 0.2) is 0 Å². The van der Waals surface area contributed by atoms with Gasteiger partial charge in [0.1, 0.15) is 11.4 Å². The monoisotopic (exact) mass is 449 g/mol. The molecule has 33 heavy (non-hydrogen) atoms. The van der Waals surface area contributed by atoms with Gasteiger partial charge in [0.2, 0.25) is 0 Å². The fourth-order valence-corrected chi connectivity index (χ4v) is 3.67. The van der Waals surface area contributed by atoms with Gasteiger partial charge in [-0.15, -0.1) is 0 Å². The van der Waals surface area contributed by atoms with E-state index in [1.807, 2.05) is 24.3 Å². The molecule has 1 aromatic carbocycles. The molecular weight excluding hydrogens is 422 g/mol. The van der Waals surface area contributed by atoms with Gasteiger partial charge in [0.05, 0.1) is 48.6 Å². The van der Waals surface area contributed by atoms with Crippen LogP contribution in [-0.4, -0.2) is 44.5 Å². The number of carbonyl (C=O) groups is 2. The van der Waals surface area contributed by atoms with Crippen molar-refractivity contribution >= 4 is 17.9 Å². The maximum Gasteiger partial charge on any atom is 0.413 e. The number of aryl methyl sites for hydroxylation is 1. The molecule has 1 fully saturated rings. The summed E-state index contributed by atoms with van der Waals surface area (Å²) in [6.07, 6.45) is 5.21. The van der Waals surface area contributed by atoms with Crippen molar-refractivity contribution in [1.29, 1.82) is 0 Å². The minimum absolute atomic E-state index is 0.0390. The van der Waals surface area contributed by atoms with Crippen LogP contribution in [0.4, 0.5) is 10.6 Å². The first-order valence-corrected chi connectivity index (χ1v) is 10.7. The third kappa shape index (κ3) is 5.02. The summed E-state index contributed by atoms with van der Waals surface area (Å²) in [5.74, 6) is 0.506. The van der Waals surface area contributed by atoms with E-state index in [0.29, 0.717) is 17.1 Å². The predicted octanol–water partition coefficient (Wildman–Crippen LogP) is 4.17. The number of anilines is 1. The zero-order valence-electron chi connectivity index (χ0n) is 19.3. The lowest BCUT2D eigenvalue weighted by molar-refractivity contribution is -0.142. The van der Waals surface area contributed by atoms with E-state index in [0.717, 1.165) is 23.2 Å². The summed E-state index contributed by atoms with van der Waals surface area (Å²) in [7, 11) is 3.15. The van der Waals surface area contributed by atoms with Crippen molar-refractivity contribution in [2.75, 3.05) is 12.4 Å². The summed E-state index contributed by atoms with van der Waals surface area (Å²) >= 11 is 0. The molecule has 2 unspecified atom stereocenters. The topological polar surface area (TPSA) is 108 Å². The highest BCUT2D eigenvalue weighted by atomic mass is 16.6. The number of ether oxygens (including phenoxy) is 2. The van der Waals surface area contributed by atoms with Crippen LogP contribution in [0.2, 0.25) is 0 Å². The Morgan fingerprint density at radius 1 is 1.06 bits per heavy atom. The number of benzene rings is 1. The number of nitrogens with zero attached hydrogens (tertiary/aromatic N) is 4. The molecule has 2 atom stereocenters. The molecule has 1 aliphatic rings. The van der Waals surface area contributed by atoms with Gasteiger partial charge in [0, 0.05) is 12.6 Å². The molecule has 1 amide bonds. The van der Waals surface area contributed by atoms with Crippen LogP contribution in [0.1, 0.15) is 38.7 Å². The van der Waals surface area contributed by atoms with Crippen LogP contribution in [-0.2, 0) is 21.3 Å². The fraction of sp³-hybridized carbons (Fsp3) is 0.375. The largest absolute Gasteiger partial charge is 0.469 e. The SMILES string of the molecule is COC(=O)C1CC1c1ccc(-c2cnc(-c3cnn(C)c3NC(=O)OC(C)(C)C)cn2)cc1. The molecule has 4 rings (SSSR count). The third-order valence-electron chi connectivity index (χ3n) is 5.41. The van der Waals surface area contributed by atoms with Crippen LogP contribution in [0.5, 0.6) is 0 Å². The van der Waals surface area contributed by atoms with Crippen molar-refractivity contribution in [3.8, 4) is 22.5 Å². The van der Waals surface area contributed by atoms with E-state index >= 15 is 0 Å². The summed E-state index contributed by atoms with van der Waals surface area (Å²) in [6.45, 7) is 5.40. The van der Waals surface area contributed by atoms with E-state index in [2.05, 4.69) is 20.4 Å². The molecule has 0 radical (unpaired) electrons. The Kier molecular flexibility index (Phi) is 5.88. The van der Waals surface area contributed by atoms with Crippen LogP contribution >= 0.6 is 0 Å². The number of hydrogen-bond acceptors (Lipinski definition) is 7. The smallest absolute Gasteiger partial charge is 0.413 e. The summed E-state index contributed by atoms with van der Waals surface area (Å²) < 4.78 is 11.7. The Bertz CT molecular complexity index is 1160. The third-order valence-corrected chi connectivity index (χ3v) is 5.41. The lowest BCUT2D eigenvalue weighted by Gasteiger charge is -2.20. The molecule has 0 bridgehead atoms. The molecule has 2 heterocycles. The Labute approximate surface area is 192 Å². The average Bonchev–Trinajstić information content (AvgIpc) is 3.50. The summed E-state index contributed by atoms with van der Waals surface area (Å²) in [5.41, 5.74) is 3.36. The second kappa shape index (κ2) is 8.65. The lowest BCUT2D eigenvalue weighted by atomic mass is 10.1. The van der Waals surface area contributed by atoms with Crippen LogP contribution in [0.15, 0.2) is 42.9 Å². The Morgan fingerprint density at radius 3 is 2.33 bits per heavy atom. The highest BCUT2D eigenvalue weighted by Crippen LogP contribution is 2.48. The molecule has 0 aliphatic heterocycles. The molecule has 9 nitrogen and oxygen atoms in total. The Balaban J connectivity index is 1.48. The molecule has 172 valence electrons. The van der Waals surface area contributed by atoms with Gasteiger partial charge in [-0.3, -0.25) is 24.8 Å². The van der Waals surface area contributed by atoms with Gasteiger partial charge >= 0.3 is 12.1 Å². The number of rotatable bonds is 5. The predicted molar refractivity (Wildman–Crippen MR) is 122 cm³/mol. The number of amides is 1. The van der Waals surface area contributed by atoms with Crippen molar-refractivity contribution in [2.45, 2.75) is 38.7 Å². The minimum atomic E-state index is -0.612. The molecular formula is C24H27N5O4. The quantitative estimate of drug-likeness (QED) is 0.583. The van der Waals surface area contributed by atoms with Crippen molar-refractivity contribution < 1.29 is 19.1 Å². The molecule has 0 saturated heterocycles. The molecule has 9 heteroatoms. The van der Waals surface area contributed by atoms with Gasteiger partial charge in [-0.05, 0) is 38.7 Å². The van der Waals surface area contributed by atoms with Gasteiger partial charge in [-0.2, -0.15) is 5.10 Å². The lowest BCUT2D eigenvalue weighted by Crippen LogP contribution is -2.28. The summed E-state index contributed by atoms with van der Waals surface area (Å²) in [4.78, 5) is 33.0. The fourth-order valence-electron chi connectivity index (χ4n) is 3.67. The van der Waals surface area contributed by atoms with Gasteiger partial charge < -0.3 is 9.47 Å². The highest BCUT2D eigenvalue weighted by molar-refractivity contribution is 5.89. The molecule has 3 aromatic rings. The zero-order chi connectivity index (χ0) is 23.8. The highest BCUT2D eigenvalue weighted by Gasteiger charge is 2.44. The van der Waals surface area contributed by atoms with Crippen molar-refractivity contribution in [3.05, 3.63) is 48.4 Å². The standard InChI is InChI=1S/C24H27N5O4/c1-24(2,3)33-23(31)28-21-18(11-27-29(21)4)20-13-25-19(12-26-20)15-8-6-14(7-9-15)16-10-17(16)22(30)32-5/h6-9,11-13,16-17H,10H2,1-5H3,(H,28,31). The number of carbonyl (C=O) groups excluding carboxylic acids is 2. The van der Waals surface area contributed by atoms with Crippen molar-refractivity contribution in [1.82, 2.24) is 19.7 Å². The molecule has 0 spiro atoms. The Hall–Kier alpha value is -3.75. The molecule has 1 N–H and O–H groups in total. The number of hydrogen-bond donors (Lipinski definition) is 1. The molecule has 1 saturated carbocycles. The average molecular weight is 450 g/mol. The zero-order valence-corrected chi connectivity index (χ0v) is 19.3. The minimum Gasteiger partial charge on any atom is -0.469 e. The maximum absolute atomic E-state index is 12.2. The van der Waals surface area contributed by atoms with E-state index in [-0.39, 0.29) is 17.8 Å².